The number of ether oxygens (including phenoxy) is 3. The smallest absolute Gasteiger partial charge is 0.165 e. The number of rotatable bonds is 11. The quantitative estimate of drug-likeness (QED) is 0.333. The predicted octanol–water partition coefficient (Wildman–Crippen LogP) is 6.65. The number of ketones is 1. The van der Waals surface area contributed by atoms with Gasteiger partial charge in [-0.3, -0.25) is 4.79 Å². The molecular formula is C28H33NO4. The van der Waals surface area contributed by atoms with Crippen molar-refractivity contribution in [3.63, 3.8) is 0 Å². The molecule has 5 nitrogen and oxygen atoms in total. The summed E-state index contributed by atoms with van der Waals surface area (Å²) in [5.74, 6) is 2.43. The van der Waals surface area contributed by atoms with Gasteiger partial charge in [0.2, 0.25) is 0 Å². The van der Waals surface area contributed by atoms with Gasteiger partial charge >= 0.3 is 0 Å². The molecule has 3 rings (SSSR count). The first-order valence-electron chi connectivity index (χ1n) is 11.3. The van der Waals surface area contributed by atoms with Gasteiger partial charge in [-0.1, -0.05) is 38.1 Å². The van der Waals surface area contributed by atoms with Gasteiger partial charge in [0.1, 0.15) is 5.75 Å². The fourth-order valence-electron chi connectivity index (χ4n) is 3.69. The lowest BCUT2D eigenvalue weighted by Crippen LogP contribution is -2.16. The Morgan fingerprint density at radius 1 is 0.848 bits per heavy atom. The van der Waals surface area contributed by atoms with E-state index in [0.717, 1.165) is 17.0 Å². The summed E-state index contributed by atoms with van der Waals surface area (Å²) < 4.78 is 16.2. The van der Waals surface area contributed by atoms with E-state index in [0.29, 0.717) is 36.0 Å². The summed E-state index contributed by atoms with van der Waals surface area (Å²) in [5.41, 5.74) is 3.84. The predicted molar refractivity (Wildman–Crippen MR) is 133 cm³/mol. The van der Waals surface area contributed by atoms with Gasteiger partial charge in [-0.2, -0.15) is 0 Å². The van der Waals surface area contributed by atoms with Gasteiger partial charge in [0.25, 0.3) is 0 Å². The number of nitrogens with one attached hydrogen (secondary N) is 1. The first kappa shape index (κ1) is 24.2. The zero-order valence-electron chi connectivity index (χ0n) is 20.1. The van der Waals surface area contributed by atoms with E-state index >= 15 is 0 Å². The average Bonchev–Trinajstić information content (AvgIpc) is 2.84. The maximum absolute atomic E-state index is 13.2. The molecule has 1 unspecified atom stereocenters. The Bertz CT molecular complexity index is 1040. The molecule has 1 atom stereocenters. The fourth-order valence-corrected chi connectivity index (χ4v) is 3.69. The maximum atomic E-state index is 13.2. The van der Waals surface area contributed by atoms with Gasteiger partial charge in [0.05, 0.1) is 26.9 Å². The molecule has 5 heteroatoms. The number of anilines is 1. The minimum Gasteiger partial charge on any atom is -0.494 e. The standard InChI is InChI=1S/C28H33NO4/c1-6-33-24-14-12-23(13-15-24)29-25(21-9-7-20(8-10-21)19(2)3)18-26(30)22-11-16-27(31-4)28(17-22)32-5/h7-17,19,25,29H,6,18H2,1-5H3. The van der Waals surface area contributed by atoms with Gasteiger partial charge in [0.15, 0.2) is 17.3 Å². The van der Waals surface area contributed by atoms with Crippen LogP contribution in [-0.2, 0) is 0 Å². The van der Waals surface area contributed by atoms with Crippen molar-refractivity contribution in [2.45, 2.75) is 39.2 Å². The molecule has 3 aromatic rings. The molecular weight excluding hydrogens is 414 g/mol. The number of methoxy groups -OCH3 is 2. The number of Topliss-reactive ketones (excluding diaryl/α,β-unsaturated/α-hetero) is 1. The maximum Gasteiger partial charge on any atom is 0.165 e. The second kappa shape index (κ2) is 11.4. The van der Waals surface area contributed by atoms with Gasteiger partial charge in [-0.05, 0) is 66.4 Å². The zero-order valence-corrected chi connectivity index (χ0v) is 20.1. The highest BCUT2D eigenvalue weighted by molar-refractivity contribution is 5.97. The summed E-state index contributed by atoms with van der Waals surface area (Å²) in [7, 11) is 3.15. The van der Waals surface area contributed by atoms with Crippen molar-refractivity contribution in [3.8, 4) is 17.2 Å². The fraction of sp³-hybridized carbons (Fsp3) is 0.321. The van der Waals surface area contributed by atoms with Crippen LogP contribution in [0.2, 0.25) is 0 Å². The summed E-state index contributed by atoms with van der Waals surface area (Å²) in [5, 5.41) is 3.53. The molecule has 0 spiro atoms. The van der Waals surface area contributed by atoms with E-state index in [4.69, 9.17) is 14.2 Å². The first-order valence-corrected chi connectivity index (χ1v) is 11.3. The van der Waals surface area contributed by atoms with Crippen LogP contribution in [-0.4, -0.2) is 26.6 Å². The molecule has 1 N–H and O–H groups in total. The number of hydrogen-bond donors (Lipinski definition) is 1. The van der Waals surface area contributed by atoms with E-state index in [1.54, 1.807) is 32.4 Å². The molecule has 0 aliphatic heterocycles. The van der Waals surface area contributed by atoms with Crippen molar-refractivity contribution in [1.82, 2.24) is 0 Å². The topological polar surface area (TPSA) is 56.8 Å². The summed E-state index contributed by atoms with van der Waals surface area (Å²) in [4.78, 5) is 13.2. The second-order valence-electron chi connectivity index (χ2n) is 8.17. The third kappa shape index (κ3) is 6.28. The van der Waals surface area contributed by atoms with Crippen LogP contribution in [0.5, 0.6) is 17.2 Å². The molecule has 0 amide bonds. The van der Waals surface area contributed by atoms with E-state index in [9.17, 15) is 4.79 Å². The molecule has 174 valence electrons. The molecule has 0 heterocycles. The van der Waals surface area contributed by atoms with Crippen molar-refractivity contribution >= 4 is 11.5 Å². The van der Waals surface area contributed by atoms with Crippen LogP contribution in [0.3, 0.4) is 0 Å². The highest BCUT2D eigenvalue weighted by atomic mass is 16.5. The summed E-state index contributed by atoms with van der Waals surface area (Å²) in [6, 6.07) is 21.4. The number of carbonyl (C=O) groups excluding carboxylic acids is 1. The number of carbonyl (C=O) groups is 1. The van der Waals surface area contributed by atoms with Crippen LogP contribution in [0.1, 0.15) is 60.6 Å². The van der Waals surface area contributed by atoms with Gasteiger partial charge in [-0.15, -0.1) is 0 Å². The molecule has 0 aliphatic carbocycles. The monoisotopic (exact) mass is 447 g/mol. The molecule has 0 aromatic heterocycles. The Labute approximate surface area is 196 Å². The van der Waals surface area contributed by atoms with Crippen molar-refractivity contribution in [3.05, 3.63) is 83.4 Å². The van der Waals surface area contributed by atoms with Crippen LogP contribution in [0.4, 0.5) is 5.69 Å². The molecule has 0 fully saturated rings. The Balaban J connectivity index is 1.86. The van der Waals surface area contributed by atoms with Crippen molar-refractivity contribution < 1.29 is 19.0 Å². The normalized spacial score (nSPS) is 11.7. The van der Waals surface area contributed by atoms with Crippen LogP contribution in [0.15, 0.2) is 66.7 Å². The Morgan fingerprint density at radius 3 is 2.06 bits per heavy atom. The number of benzene rings is 3. The first-order chi connectivity index (χ1) is 15.9. The summed E-state index contributed by atoms with van der Waals surface area (Å²) >= 11 is 0. The average molecular weight is 448 g/mol. The molecule has 0 bridgehead atoms. The van der Waals surface area contributed by atoms with E-state index in [1.807, 2.05) is 31.2 Å². The third-order valence-corrected chi connectivity index (χ3v) is 5.61. The van der Waals surface area contributed by atoms with E-state index in [1.165, 1.54) is 5.56 Å². The SMILES string of the molecule is CCOc1ccc(NC(CC(=O)c2ccc(OC)c(OC)c2)c2ccc(C(C)C)cc2)cc1. The lowest BCUT2D eigenvalue weighted by atomic mass is 9.94. The van der Waals surface area contributed by atoms with Crippen molar-refractivity contribution in [2.24, 2.45) is 0 Å². The van der Waals surface area contributed by atoms with Gasteiger partial charge in [-0.25, -0.2) is 0 Å². The third-order valence-electron chi connectivity index (χ3n) is 5.61. The Kier molecular flexibility index (Phi) is 8.36. The highest BCUT2D eigenvalue weighted by Gasteiger charge is 2.19. The van der Waals surface area contributed by atoms with Crippen LogP contribution < -0.4 is 19.5 Å². The summed E-state index contributed by atoms with van der Waals surface area (Å²) in [6.45, 7) is 6.93. The van der Waals surface area contributed by atoms with E-state index in [-0.39, 0.29) is 11.8 Å². The largest absolute Gasteiger partial charge is 0.494 e. The van der Waals surface area contributed by atoms with E-state index < -0.39 is 0 Å². The molecule has 3 aromatic carbocycles. The Morgan fingerprint density at radius 2 is 1.48 bits per heavy atom. The molecule has 0 aliphatic rings. The van der Waals surface area contributed by atoms with Crippen LogP contribution in [0.25, 0.3) is 0 Å². The molecule has 0 saturated heterocycles. The molecule has 0 saturated carbocycles. The molecule has 33 heavy (non-hydrogen) atoms. The van der Waals surface area contributed by atoms with Crippen LogP contribution in [0, 0.1) is 0 Å². The lowest BCUT2D eigenvalue weighted by molar-refractivity contribution is 0.0976. The lowest BCUT2D eigenvalue weighted by Gasteiger charge is -2.21. The zero-order chi connectivity index (χ0) is 23.8. The van der Waals surface area contributed by atoms with Gasteiger partial charge < -0.3 is 19.5 Å². The van der Waals surface area contributed by atoms with Crippen molar-refractivity contribution in [2.75, 3.05) is 26.1 Å². The summed E-state index contributed by atoms with van der Waals surface area (Å²) in [6.07, 6.45) is 0.295. The van der Waals surface area contributed by atoms with Gasteiger partial charge in [0, 0.05) is 17.7 Å². The highest BCUT2D eigenvalue weighted by Crippen LogP contribution is 2.31. The molecule has 0 radical (unpaired) electrons. The van der Waals surface area contributed by atoms with Crippen molar-refractivity contribution in [1.29, 1.82) is 0 Å². The van der Waals surface area contributed by atoms with E-state index in [2.05, 4.69) is 43.4 Å². The minimum absolute atomic E-state index is 0.0207. The Hall–Kier alpha value is -3.47. The van der Waals surface area contributed by atoms with Crippen LogP contribution >= 0.6 is 0 Å². The minimum atomic E-state index is -0.190. The number of hydrogen-bond acceptors (Lipinski definition) is 5. The second-order valence-corrected chi connectivity index (χ2v) is 8.17.